The van der Waals surface area contributed by atoms with Crippen molar-refractivity contribution in [1.82, 2.24) is 4.90 Å². The zero-order valence-electron chi connectivity index (χ0n) is 16.2. The fourth-order valence-electron chi connectivity index (χ4n) is 2.45. The van der Waals surface area contributed by atoms with Crippen molar-refractivity contribution in [2.24, 2.45) is 5.92 Å². The molecular weight excluding hydrogens is 400 g/mol. The molecule has 0 radical (unpaired) electrons. The van der Waals surface area contributed by atoms with E-state index in [1.807, 2.05) is 0 Å². The lowest BCUT2D eigenvalue weighted by Crippen LogP contribution is -2.35. The van der Waals surface area contributed by atoms with E-state index in [2.05, 4.69) is 19.2 Å². The van der Waals surface area contributed by atoms with Gasteiger partial charge in [0, 0.05) is 23.8 Å². The summed E-state index contributed by atoms with van der Waals surface area (Å²) in [6, 6.07) is 13.4. The number of rotatable bonds is 8. The number of urea groups is 1. The van der Waals surface area contributed by atoms with Gasteiger partial charge in [0.05, 0.1) is 6.26 Å². The Bertz CT molecular complexity index is 881. The predicted molar refractivity (Wildman–Crippen MR) is 112 cm³/mol. The van der Waals surface area contributed by atoms with Crippen LogP contribution in [0, 0.1) is 5.92 Å². The molecule has 2 aromatic rings. The van der Waals surface area contributed by atoms with E-state index >= 15 is 0 Å². The fraction of sp³-hybridized carbons (Fsp3) is 0.350. The standard InChI is InChI=1S/C20H25ClN2O4S/c1-15(2)12-13-23(20(24)22-18-8-6-17(21)7-9-18)14-16-4-10-19(11-5-16)27-28(3,25)26/h4-11,15H,12-14H2,1-3H3,(H,22,24). The summed E-state index contributed by atoms with van der Waals surface area (Å²) in [6.07, 6.45) is 1.86. The van der Waals surface area contributed by atoms with Crippen molar-refractivity contribution in [3.63, 3.8) is 0 Å². The first-order chi connectivity index (χ1) is 13.1. The van der Waals surface area contributed by atoms with Gasteiger partial charge in [0.25, 0.3) is 0 Å². The molecule has 0 heterocycles. The first-order valence-corrected chi connectivity index (χ1v) is 11.1. The third kappa shape index (κ3) is 7.78. The highest BCUT2D eigenvalue weighted by atomic mass is 35.5. The molecule has 0 saturated carbocycles. The zero-order chi connectivity index (χ0) is 20.7. The molecule has 0 aliphatic carbocycles. The van der Waals surface area contributed by atoms with Gasteiger partial charge in [0.1, 0.15) is 5.75 Å². The first kappa shape index (κ1) is 22.0. The Balaban J connectivity index is 2.09. The number of amides is 2. The highest BCUT2D eigenvalue weighted by Gasteiger charge is 2.15. The molecule has 0 fully saturated rings. The smallest absolute Gasteiger partial charge is 0.322 e. The lowest BCUT2D eigenvalue weighted by Gasteiger charge is -2.24. The number of anilines is 1. The Kier molecular flexibility index (Phi) is 7.71. The van der Waals surface area contributed by atoms with Crippen LogP contribution in [-0.2, 0) is 16.7 Å². The molecule has 28 heavy (non-hydrogen) atoms. The van der Waals surface area contributed by atoms with Gasteiger partial charge >= 0.3 is 16.1 Å². The van der Waals surface area contributed by atoms with Crippen molar-refractivity contribution >= 4 is 33.4 Å². The van der Waals surface area contributed by atoms with Gasteiger partial charge in [0.2, 0.25) is 0 Å². The van der Waals surface area contributed by atoms with Crippen LogP contribution < -0.4 is 9.50 Å². The number of hydrogen-bond acceptors (Lipinski definition) is 4. The Hall–Kier alpha value is -2.25. The molecule has 0 spiro atoms. The summed E-state index contributed by atoms with van der Waals surface area (Å²) in [6.45, 7) is 5.20. The highest BCUT2D eigenvalue weighted by molar-refractivity contribution is 7.86. The van der Waals surface area contributed by atoms with Crippen LogP contribution in [0.4, 0.5) is 10.5 Å². The number of carbonyl (C=O) groups excluding carboxylic acids is 1. The molecule has 0 aromatic heterocycles. The van der Waals surface area contributed by atoms with Crippen molar-refractivity contribution in [2.75, 3.05) is 18.1 Å². The van der Waals surface area contributed by atoms with Gasteiger partial charge in [-0.1, -0.05) is 37.6 Å². The summed E-state index contributed by atoms with van der Waals surface area (Å²) in [4.78, 5) is 14.5. The Morgan fingerprint density at radius 2 is 1.71 bits per heavy atom. The third-order valence-electron chi connectivity index (χ3n) is 3.90. The molecule has 0 aliphatic heterocycles. The Morgan fingerprint density at radius 1 is 1.11 bits per heavy atom. The predicted octanol–water partition coefficient (Wildman–Crippen LogP) is 4.76. The fourth-order valence-corrected chi connectivity index (χ4v) is 3.03. The maximum Gasteiger partial charge on any atom is 0.322 e. The molecule has 1 N–H and O–H groups in total. The topological polar surface area (TPSA) is 75.7 Å². The van der Waals surface area contributed by atoms with E-state index in [1.54, 1.807) is 53.4 Å². The lowest BCUT2D eigenvalue weighted by atomic mass is 10.1. The monoisotopic (exact) mass is 424 g/mol. The Labute approximate surface area is 171 Å². The zero-order valence-corrected chi connectivity index (χ0v) is 17.8. The highest BCUT2D eigenvalue weighted by Crippen LogP contribution is 2.18. The quantitative estimate of drug-likeness (QED) is 0.620. The molecule has 2 aromatic carbocycles. The van der Waals surface area contributed by atoms with Gasteiger partial charge in [-0.3, -0.25) is 0 Å². The number of benzene rings is 2. The van der Waals surface area contributed by atoms with Crippen LogP contribution in [0.1, 0.15) is 25.8 Å². The second-order valence-electron chi connectivity index (χ2n) is 6.97. The minimum atomic E-state index is -3.57. The second-order valence-corrected chi connectivity index (χ2v) is 8.98. The van der Waals surface area contributed by atoms with Crippen molar-refractivity contribution in [3.05, 3.63) is 59.1 Å². The van der Waals surface area contributed by atoms with Crippen LogP contribution in [0.3, 0.4) is 0 Å². The SMILES string of the molecule is CC(C)CCN(Cc1ccc(OS(C)(=O)=O)cc1)C(=O)Nc1ccc(Cl)cc1. The van der Waals surface area contributed by atoms with E-state index in [-0.39, 0.29) is 11.8 Å². The van der Waals surface area contributed by atoms with Gasteiger partial charge in [-0.05, 0) is 54.3 Å². The largest absolute Gasteiger partial charge is 0.383 e. The van der Waals surface area contributed by atoms with E-state index in [9.17, 15) is 13.2 Å². The number of carbonyl (C=O) groups is 1. The van der Waals surface area contributed by atoms with Gasteiger partial charge in [-0.15, -0.1) is 0 Å². The molecule has 8 heteroatoms. The van der Waals surface area contributed by atoms with E-state index in [0.717, 1.165) is 18.2 Å². The first-order valence-electron chi connectivity index (χ1n) is 8.92. The maximum atomic E-state index is 12.7. The number of halogens is 1. The molecule has 2 amide bonds. The summed E-state index contributed by atoms with van der Waals surface area (Å²) in [5.41, 5.74) is 1.54. The van der Waals surface area contributed by atoms with Crippen LogP contribution >= 0.6 is 11.6 Å². The molecule has 152 valence electrons. The van der Waals surface area contributed by atoms with Gasteiger partial charge in [-0.2, -0.15) is 8.42 Å². The maximum absolute atomic E-state index is 12.7. The number of nitrogens with one attached hydrogen (secondary N) is 1. The minimum Gasteiger partial charge on any atom is -0.383 e. The normalized spacial score (nSPS) is 11.3. The van der Waals surface area contributed by atoms with E-state index in [1.165, 1.54) is 0 Å². The van der Waals surface area contributed by atoms with E-state index in [4.69, 9.17) is 15.8 Å². The molecule has 6 nitrogen and oxygen atoms in total. The van der Waals surface area contributed by atoms with E-state index in [0.29, 0.717) is 29.7 Å². The number of hydrogen-bond donors (Lipinski definition) is 1. The molecule has 0 aliphatic rings. The van der Waals surface area contributed by atoms with Crippen LogP contribution in [0.15, 0.2) is 48.5 Å². The van der Waals surface area contributed by atoms with Crippen LogP contribution in [0.25, 0.3) is 0 Å². The van der Waals surface area contributed by atoms with Crippen molar-refractivity contribution in [1.29, 1.82) is 0 Å². The van der Waals surface area contributed by atoms with Gasteiger partial charge in [-0.25, -0.2) is 4.79 Å². The molecule has 2 rings (SSSR count). The Morgan fingerprint density at radius 3 is 2.25 bits per heavy atom. The molecule has 0 unspecified atom stereocenters. The summed E-state index contributed by atoms with van der Waals surface area (Å²) in [5, 5.41) is 3.48. The summed E-state index contributed by atoms with van der Waals surface area (Å²) in [7, 11) is -3.57. The van der Waals surface area contributed by atoms with Crippen molar-refractivity contribution in [3.8, 4) is 5.75 Å². The molecular formula is C20H25ClN2O4S. The van der Waals surface area contributed by atoms with Crippen molar-refractivity contribution < 1.29 is 17.4 Å². The van der Waals surface area contributed by atoms with Gasteiger partial charge < -0.3 is 14.4 Å². The number of nitrogens with zero attached hydrogens (tertiary/aromatic N) is 1. The summed E-state index contributed by atoms with van der Waals surface area (Å²) < 4.78 is 27.3. The summed E-state index contributed by atoms with van der Waals surface area (Å²) >= 11 is 5.88. The van der Waals surface area contributed by atoms with Crippen LogP contribution in [-0.4, -0.2) is 32.1 Å². The van der Waals surface area contributed by atoms with Gasteiger partial charge in [0.15, 0.2) is 0 Å². The third-order valence-corrected chi connectivity index (χ3v) is 4.65. The second kappa shape index (κ2) is 9.80. The minimum absolute atomic E-state index is 0.209. The van der Waals surface area contributed by atoms with Crippen LogP contribution in [0.5, 0.6) is 5.75 Å². The summed E-state index contributed by atoms with van der Waals surface area (Å²) in [5.74, 6) is 0.696. The average molecular weight is 425 g/mol. The molecule has 0 bridgehead atoms. The van der Waals surface area contributed by atoms with Crippen LogP contribution in [0.2, 0.25) is 5.02 Å². The average Bonchev–Trinajstić information content (AvgIpc) is 2.60. The van der Waals surface area contributed by atoms with E-state index < -0.39 is 10.1 Å². The molecule has 0 atom stereocenters. The molecule has 0 saturated heterocycles. The lowest BCUT2D eigenvalue weighted by molar-refractivity contribution is 0.205. The van der Waals surface area contributed by atoms with Crippen molar-refractivity contribution in [2.45, 2.75) is 26.8 Å².